The molecule has 3 rings (SSSR count). The van der Waals surface area contributed by atoms with Gasteiger partial charge in [0, 0.05) is 5.54 Å². The van der Waals surface area contributed by atoms with Crippen LogP contribution in [0, 0.1) is 17.7 Å². The van der Waals surface area contributed by atoms with Crippen molar-refractivity contribution in [3.8, 4) is 0 Å². The second-order valence-corrected chi connectivity index (χ2v) is 6.08. The van der Waals surface area contributed by atoms with Crippen molar-refractivity contribution in [3.05, 3.63) is 34.6 Å². The summed E-state index contributed by atoms with van der Waals surface area (Å²) in [6, 6.07) is 5.01. The highest BCUT2D eigenvalue weighted by molar-refractivity contribution is 6.31. The maximum atomic E-state index is 13.4. The zero-order chi connectivity index (χ0) is 12.0. The average Bonchev–Trinajstić information content (AvgIpc) is 2.84. The predicted molar refractivity (Wildman–Crippen MR) is 67.5 cm³/mol. The summed E-state index contributed by atoms with van der Waals surface area (Å²) >= 11 is 6.01. The molecule has 0 heterocycles. The lowest BCUT2D eigenvalue weighted by atomic mass is 9.77. The predicted octanol–water partition coefficient (Wildman–Crippen LogP) is 3.54. The molecule has 2 saturated carbocycles. The van der Waals surface area contributed by atoms with E-state index in [9.17, 15) is 4.39 Å². The Bertz CT molecular complexity index is 448. The average molecular weight is 254 g/mol. The standard InChI is InChI=1S/C14H17ClFN/c15-13-10(2-1-3-12(13)16)8-14(17)7-9-4-5-11(14)6-9/h1-3,9,11H,4-8,17H2. The van der Waals surface area contributed by atoms with Crippen LogP contribution in [0.2, 0.25) is 5.02 Å². The van der Waals surface area contributed by atoms with Gasteiger partial charge >= 0.3 is 0 Å². The first kappa shape index (κ1) is 11.5. The van der Waals surface area contributed by atoms with Gasteiger partial charge in [0.05, 0.1) is 5.02 Å². The summed E-state index contributed by atoms with van der Waals surface area (Å²) in [5.74, 6) is 1.06. The van der Waals surface area contributed by atoms with Crippen molar-refractivity contribution in [2.75, 3.05) is 0 Å². The highest BCUT2D eigenvalue weighted by Gasteiger charge is 2.48. The van der Waals surface area contributed by atoms with E-state index in [1.807, 2.05) is 6.07 Å². The molecule has 3 heteroatoms. The van der Waals surface area contributed by atoms with Crippen molar-refractivity contribution in [1.82, 2.24) is 0 Å². The molecule has 0 aliphatic heterocycles. The molecule has 1 nitrogen and oxygen atoms in total. The van der Waals surface area contributed by atoms with E-state index in [1.165, 1.54) is 25.3 Å². The van der Waals surface area contributed by atoms with E-state index < -0.39 is 0 Å². The fourth-order valence-electron chi connectivity index (χ4n) is 3.74. The molecule has 1 aromatic carbocycles. The van der Waals surface area contributed by atoms with Gasteiger partial charge < -0.3 is 5.73 Å². The zero-order valence-corrected chi connectivity index (χ0v) is 10.5. The van der Waals surface area contributed by atoms with E-state index in [0.717, 1.165) is 17.9 Å². The van der Waals surface area contributed by atoms with Gasteiger partial charge in [0.1, 0.15) is 5.82 Å². The molecular weight excluding hydrogens is 237 g/mol. The third kappa shape index (κ3) is 1.88. The molecule has 0 spiro atoms. The Morgan fingerprint density at radius 2 is 2.24 bits per heavy atom. The van der Waals surface area contributed by atoms with Crippen LogP contribution < -0.4 is 5.73 Å². The summed E-state index contributed by atoms with van der Waals surface area (Å²) in [6.07, 6.45) is 5.59. The van der Waals surface area contributed by atoms with Crippen LogP contribution in [0.1, 0.15) is 31.2 Å². The van der Waals surface area contributed by atoms with E-state index in [0.29, 0.717) is 12.3 Å². The molecular formula is C14H17ClFN. The molecule has 0 saturated heterocycles. The van der Waals surface area contributed by atoms with E-state index in [2.05, 4.69) is 0 Å². The summed E-state index contributed by atoms with van der Waals surface area (Å²) in [5, 5.41) is 0.250. The highest BCUT2D eigenvalue weighted by Crippen LogP contribution is 2.51. The van der Waals surface area contributed by atoms with E-state index >= 15 is 0 Å². The molecule has 2 fully saturated rings. The van der Waals surface area contributed by atoms with Gasteiger partial charge in [-0.25, -0.2) is 4.39 Å². The molecule has 2 aliphatic carbocycles. The third-order valence-electron chi connectivity index (χ3n) is 4.57. The van der Waals surface area contributed by atoms with Crippen molar-refractivity contribution >= 4 is 11.6 Å². The Morgan fingerprint density at radius 1 is 1.41 bits per heavy atom. The van der Waals surface area contributed by atoms with Gasteiger partial charge in [0.15, 0.2) is 0 Å². The van der Waals surface area contributed by atoms with Crippen LogP contribution in [0.25, 0.3) is 0 Å². The SMILES string of the molecule is NC1(Cc2cccc(F)c2Cl)CC2CCC1C2. The molecule has 0 amide bonds. The molecule has 0 aromatic heterocycles. The summed E-state index contributed by atoms with van der Waals surface area (Å²) in [6.45, 7) is 0. The lowest BCUT2D eigenvalue weighted by molar-refractivity contribution is 0.269. The molecule has 2 N–H and O–H groups in total. The summed E-state index contributed by atoms with van der Waals surface area (Å²) < 4.78 is 13.4. The number of hydrogen-bond donors (Lipinski definition) is 1. The first-order chi connectivity index (χ1) is 8.08. The van der Waals surface area contributed by atoms with Crippen LogP contribution in [0.15, 0.2) is 18.2 Å². The van der Waals surface area contributed by atoms with Crippen molar-refractivity contribution in [3.63, 3.8) is 0 Å². The van der Waals surface area contributed by atoms with Gasteiger partial charge in [0.25, 0.3) is 0 Å². The maximum Gasteiger partial charge on any atom is 0.142 e. The van der Waals surface area contributed by atoms with Crippen LogP contribution in [-0.4, -0.2) is 5.54 Å². The Kier molecular flexibility index (Phi) is 2.68. The molecule has 3 atom stereocenters. The lowest BCUT2D eigenvalue weighted by Crippen LogP contribution is -2.47. The van der Waals surface area contributed by atoms with E-state index in [4.69, 9.17) is 17.3 Å². The van der Waals surface area contributed by atoms with Crippen molar-refractivity contribution in [2.24, 2.45) is 17.6 Å². The first-order valence-electron chi connectivity index (χ1n) is 6.30. The van der Waals surface area contributed by atoms with Crippen LogP contribution in [0.3, 0.4) is 0 Å². The number of rotatable bonds is 2. The van der Waals surface area contributed by atoms with Gasteiger partial charge in [0.2, 0.25) is 0 Å². The van der Waals surface area contributed by atoms with Gasteiger partial charge in [-0.1, -0.05) is 30.2 Å². The van der Waals surface area contributed by atoms with E-state index in [1.54, 1.807) is 6.07 Å². The lowest BCUT2D eigenvalue weighted by Gasteiger charge is -2.34. The second kappa shape index (κ2) is 3.96. The minimum Gasteiger partial charge on any atom is -0.325 e. The second-order valence-electron chi connectivity index (χ2n) is 5.70. The largest absolute Gasteiger partial charge is 0.325 e. The number of halogens is 2. The number of hydrogen-bond acceptors (Lipinski definition) is 1. The van der Waals surface area contributed by atoms with Crippen molar-refractivity contribution in [1.29, 1.82) is 0 Å². The van der Waals surface area contributed by atoms with E-state index in [-0.39, 0.29) is 16.4 Å². The zero-order valence-electron chi connectivity index (χ0n) is 9.76. The van der Waals surface area contributed by atoms with Crippen molar-refractivity contribution in [2.45, 2.75) is 37.6 Å². The monoisotopic (exact) mass is 253 g/mol. The smallest absolute Gasteiger partial charge is 0.142 e. The first-order valence-corrected chi connectivity index (χ1v) is 6.68. The normalized spacial score (nSPS) is 35.5. The summed E-state index contributed by atoms with van der Waals surface area (Å²) in [4.78, 5) is 0. The Labute approximate surface area is 106 Å². The molecule has 0 radical (unpaired) electrons. The topological polar surface area (TPSA) is 26.0 Å². The third-order valence-corrected chi connectivity index (χ3v) is 5.00. The molecule has 2 bridgehead atoms. The molecule has 1 aromatic rings. The van der Waals surface area contributed by atoms with Crippen LogP contribution in [-0.2, 0) is 6.42 Å². The quantitative estimate of drug-likeness (QED) is 0.857. The fourth-order valence-corrected chi connectivity index (χ4v) is 3.94. The summed E-state index contributed by atoms with van der Waals surface area (Å²) in [5.41, 5.74) is 7.22. The fraction of sp³-hybridized carbons (Fsp3) is 0.571. The van der Waals surface area contributed by atoms with Crippen LogP contribution in [0.5, 0.6) is 0 Å². The van der Waals surface area contributed by atoms with Crippen molar-refractivity contribution < 1.29 is 4.39 Å². The minimum absolute atomic E-state index is 0.152. The Balaban J connectivity index is 1.85. The van der Waals surface area contributed by atoms with Gasteiger partial charge in [-0.15, -0.1) is 0 Å². The maximum absolute atomic E-state index is 13.4. The van der Waals surface area contributed by atoms with Crippen LogP contribution >= 0.6 is 11.6 Å². The Hall–Kier alpha value is -0.600. The summed E-state index contributed by atoms with van der Waals surface area (Å²) in [7, 11) is 0. The van der Waals surface area contributed by atoms with Crippen LogP contribution in [0.4, 0.5) is 4.39 Å². The number of benzene rings is 1. The molecule has 2 aliphatic rings. The van der Waals surface area contributed by atoms with Gasteiger partial charge in [-0.3, -0.25) is 0 Å². The molecule has 17 heavy (non-hydrogen) atoms. The van der Waals surface area contributed by atoms with Gasteiger partial charge in [-0.05, 0) is 49.1 Å². The number of nitrogens with two attached hydrogens (primary N) is 1. The highest BCUT2D eigenvalue weighted by atomic mass is 35.5. The Morgan fingerprint density at radius 3 is 2.88 bits per heavy atom. The molecule has 92 valence electrons. The minimum atomic E-state index is -0.337. The number of fused-ring (bicyclic) bond motifs is 2. The van der Waals surface area contributed by atoms with Gasteiger partial charge in [-0.2, -0.15) is 0 Å². The molecule has 3 unspecified atom stereocenters.